The van der Waals surface area contributed by atoms with Crippen LogP contribution in [-0.4, -0.2) is 18.9 Å². The minimum Gasteiger partial charge on any atom is -0.493 e. The number of carbonyl (C=O) groups is 2. The standard InChI is InChI=1S/C22H16Cl2O4/c23-18-12-17(14-25)21(20(24)13-18)28-22(26)16-6-8-19(9-7-16)27-11-10-15-4-2-1-3-5-15/h1-9,12-14H,10-11H2. The molecule has 0 aliphatic carbocycles. The van der Waals surface area contributed by atoms with E-state index in [1.54, 1.807) is 24.3 Å². The Bertz CT molecular complexity index is 970. The molecule has 0 fully saturated rings. The van der Waals surface area contributed by atoms with Gasteiger partial charge in [0.25, 0.3) is 0 Å². The number of aldehydes is 1. The van der Waals surface area contributed by atoms with Crippen LogP contribution in [0.4, 0.5) is 0 Å². The Morgan fingerprint density at radius 2 is 1.68 bits per heavy atom. The van der Waals surface area contributed by atoms with Gasteiger partial charge < -0.3 is 9.47 Å². The molecule has 0 aliphatic heterocycles. The van der Waals surface area contributed by atoms with Gasteiger partial charge in [-0.25, -0.2) is 4.79 Å². The smallest absolute Gasteiger partial charge is 0.343 e. The third kappa shape index (κ3) is 5.12. The minimum atomic E-state index is -0.636. The number of halogens is 2. The first kappa shape index (κ1) is 19.9. The van der Waals surface area contributed by atoms with E-state index in [4.69, 9.17) is 32.7 Å². The van der Waals surface area contributed by atoms with Gasteiger partial charge in [0.15, 0.2) is 12.0 Å². The highest BCUT2D eigenvalue weighted by Crippen LogP contribution is 2.32. The maximum atomic E-state index is 12.4. The molecule has 0 N–H and O–H groups in total. The Morgan fingerprint density at radius 1 is 0.964 bits per heavy atom. The quantitative estimate of drug-likeness (QED) is 0.284. The zero-order valence-corrected chi connectivity index (χ0v) is 16.2. The summed E-state index contributed by atoms with van der Waals surface area (Å²) in [5.74, 6) is -0.0111. The van der Waals surface area contributed by atoms with Gasteiger partial charge in [-0.05, 0) is 42.0 Å². The van der Waals surface area contributed by atoms with Gasteiger partial charge >= 0.3 is 5.97 Å². The van der Waals surface area contributed by atoms with E-state index in [0.717, 1.165) is 6.42 Å². The average Bonchev–Trinajstić information content (AvgIpc) is 2.71. The third-order valence-electron chi connectivity index (χ3n) is 3.95. The lowest BCUT2D eigenvalue weighted by Gasteiger charge is -2.10. The molecule has 6 heteroatoms. The molecule has 0 aliphatic rings. The van der Waals surface area contributed by atoms with Gasteiger partial charge in [-0.1, -0.05) is 53.5 Å². The largest absolute Gasteiger partial charge is 0.493 e. The van der Waals surface area contributed by atoms with Crippen molar-refractivity contribution in [3.63, 3.8) is 0 Å². The summed E-state index contributed by atoms with van der Waals surface area (Å²) in [5, 5.41) is 0.368. The molecule has 3 aromatic rings. The normalized spacial score (nSPS) is 10.4. The summed E-state index contributed by atoms with van der Waals surface area (Å²) in [5.41, 5.74) is 1.60. The molecule has 0 spiro atoms. The average molecular weight is 415 g/mol. The zero-order valence-electron chi connectivity index (χ0n) is 14.7. The fraction of sp³-hybridized carbons (Fsp3) is 0.0909. The van der Waals surface area contributed by atoms with Crippen LogP contribution in [0.15, 0.2) is 66.7 Å². The van der Waals surface area contributed by atoms with E-state index in [2.05, 4.69) is 0 Å². The first-order valence-corrected chi connectivity index (χ1v) is 9.25. The maximum absolute atomic E-state index is 12.4. The van der Waals surface area contributed by atoms with E-state index in [-0.39, 0.29) is 21.4 Å². The fourth-order valence-electron chi connectivity index (χ4n) is 2.55. The van der Waals surface area contributed by atoms with Crippen molar-refractivity contribution in [1.29, 1.82) is 0 Å². The van der Waals surface area contributed by atoms with E-state index in [9.17, 15) is 9.59 Å². The zero-order chi connectivity index (χ0) is 19.9. The molecule has 142 valence electrons. The number of rotatable bonds is 7. The van der Waals surface area contributed by atoms with Crippen molar-refractivity contribution in [3.05, 3.63) is 93.5 Å². The highest BCUT2D eigenvalue weighted by Gasteiger charge is 2.16. The molecule has 0 saturated heterocycles. The van der Waals surface area contributed by atoms with E-state index in [1.165, 1.54) is 17.7 Å². The third-order valence-corrected chi connectivity index (χ3v) is 4.45. The molecule has 0 unspecified atom stereocenters. The topological polar surface area (TPSA) is 52.6 Å². The molecule has 3 aromatic carbocycles. The maximum Gasteiger partial charge on any atom is 0.343 e. The van der Waals surface area contributed by atoms with Crippen LogP contribution in [0.3, 0.4) is 0 Å². The molecule has 0 saturated carbocycles. The van der Waals surface area contributed by atoms with Crippen molar-refractivity contribution in [2.45, 2.75) is 6.42 Å². The molecule has 0 bridgehead atoms. The van der Waals surface area contributed by atoms with Crippen molar-refractivity contribution in [2.75, 3.05) is 6.61 Å². The predicted molar refractivity (Wildman–Crippen MR) is 109 cm³/mol. The van der Waals surface area contributed by atoms with E-state index >= 15 is 0 Å². The Labute approximate surface area is 172 Å². The van der Waals surface area contributed by atoms with Gasteiger partial charge in [-0.15, -0.1) is 0 Å². The second-order valence-corrected chi connectivity index (χ2v) is 6.77. The predicted octanol–water partition coefficient (Wildman–Crippen LogP) is 5.65. The lowest BCUT2D eigenvalue weighted by atomic mass is 10.2. The van der Waals surface area contributed by atoms with E-state index in [0.29, 0.717) is 24.2 Å². The number of hydrogen-bond donors (Lipinski definition) is 0. The minimum absolute atomic E-state index is 0.0192. The summed E-state index contributed by atoms with van der Waals surface area (Å²) in [6, 6.07) is 19.4. The summed E-state index contributed by atoms with van der Waals surface area (Å²) in [7, 11) is 0. The van der Waals surface area contributed by atoms with Crippen LogP contribution in [0.2, 0.25) is 10.0 Å². The molecule has 4 nitrogen and oxygen atoms in total. The molecular weight excluding hydrogens is 399 g/mol. The van der Waals surface area contributed by atoms with Crippen molar-refractivity contribution in [2.24, 2.45) is 0 Å². The molecule has 0 atom stereocenters. The lowest BCUT2D eigenvalue weighted by molar-refractivity contribution is 0.0733. The highest BCUT2D eigenvalue weighted by molar-refractivity contribution is 6.36. The van der Waals surface area contributed by atoms with Crippen LogP contribution in [0.5, 0.6) is 11.5 Å². The highest BCUT2D eigenvalue weighted by atomic mass is 35.5. The van der Waals surface area contributed by atoms with Gasteiger partial charge in [-0.3, -0.25) is 4.79 Å². The van der Waals surface area contributed by atoms with Crippen LogP contribution in [0.25, 0.3) is 0 Å². The van der Waals surface area contributed by atoms with Gasteiger partial charge in [-0.2, -0.15) is 0 Å². The lowest BCUT2D eigenvalue weighted by Crippen LogP contribution is -2.10. The van der Waals surface area contributed by atoms with Crippen molar-refractivity contribution in [1.82, 2.24) is 0 Å². The number of hydrogen-bond acceptors (Lipinski definition) is 4. The molecule has 0 radical (unpaired) electrons. The molecule has 0 amide bonds. The fourth-order valence-corrected chi connectivity index (χ4v) is 3.09. The second kappa shape index (κ2) is 9.40. The van der Waals surface area contributed by atoms with Crippen molar-refractivity contribution in [3.8, 4) is 11.5 Å². The van der Waals surface area contributed by atoms with Gasteiger partial charge in [0.05, 0.1) is 22.8 Å². The Morgan fingerprint density at radius 3 is 2.36 bits per heavy atom. The van der Waals surface area contributed by atoms with Crippen LogP contribution in [-0.2, 0) is 6.42 Å². The van der Waals surface area contributed by atoms with E-state index in [1.807, 2.05) is 30.3 Å². The van der Waals surface area contributed by atoms with Crippen LogP contribution < -0.4 is 9.47 Å². The summed E-state index contributed by atoms with van der Waals surface area (Å²) in [6.45, 7) is 0.525. The van der Waals surface area contributed by atoms with Crippen molar-refractivity contribution >= 4 is 35.5 Å². The van der Waals surface area contributed by atoms with Crippen molar-refractivity contribution < 1.29 is 19.1 Å². The van der Waals surface area contributed by atoms with Gasteiger partial charge in [0.1, 0.15) is 5.75 Å². The SMILES string of the molecule is O=Cc1cc(Cl)cc(Cl)c1OC(=O)c1ccc(OCCc2ccccc2)cc1. The summed E-state index contributed by atoms with van der Waals surface area (Å²) in [6.07, 6.45) is 1.32. The first-order chi connectivity index (χ1) is 13.6. The summed E-state index contributed by atoms with van der Waals surface area (Å²) >= 11 is 11.9. The number of carbonyl (C=O) groups excluding carboxylic acids is 2. The number of esters is 1. The van der Waals surface area contributed by atoms with Crippen LogP contribution in [0, 0.1) is 0 Å². The van der Waals surface area contributed by atoms with Gasteiger partial charge in [0, 0.05) is 11.4 Å². The molecule has 28 heavy (non-hydrogen) atoms. The Hall–Kier alpha value is -2.82. The molecule has 3 rings (SSSR count). The summed E-state index contributed by atoms with van der Waals surface area (Å²) in [4.78, 5) is 23.5. The Balaban J connectivity index is 1.62. The molecular formula is C22H16Cl2O4. The second-order valence-electron chi connectivity index (χ2n) is 5.92. The van der Waals surface area contributed by atoms with Crippen LogP contribution in [0.1, 0.15) is 26.3 Å². The Kier molecular flexibility index (Phi) is 6.69. The number of benzene rings is 3. The first-order valence-electron chi connectivity index (χ1n) is 8.50. The molecule has 0 aromatic heterocycles. The van der Waals surface area contributed by atoms with Crippen LogP contribution >= 0.6 is 23.2 Å². The summed E-state index contributed by atoms with van der Waals surface area (Å²) < 4.78 is 11.0. The number of ether oxygens (including phenoxy) is 2. The molecule has 0 heterocycles. The van der Waals surface area contributed by atoms with Gasteiger partial charge in [0.2, 0.25) is 0 Å². The monoisotopic (exact) mass is 414 g/mol. The van der Waals surface area contributed by atoms with E-state index < -0.39 is 5.97 Å².